The summed E-state index contributed by atoms with van der Waals surface area (Å²) in [7, 11) is 1.42. The number of nitrogen functional groups attached to an aromatic ring is 1. The van der Waals surface area contributed by atoms with Crippen molar-refractivity contribution in [2.45, 2.75) is 26.4 Å². The molecule has 20 heavy (non-hydrogen) atoms. The number of carbonyl (C=O) groups is 1. The third-order valence-electron chi connectivity index (χ3n) is 2.80. The van der Waals surface area contributed by atoms with E-state index in [0.29, 0.717) is 0 Å². The summed E-state index contributed by atoms with van der Waals surface area (Å²) >= 11 is 0. The molecule has 8 nitrogen and oxygen atoms in total. The van der Waals surface area contributed by atoms with Gasteiger partial charge in [-0.2, -0.15) is 0 Å². The third-order valence-corrected chi connectivity index (χ3v) is 2.80. The molecule has 0 aliphatic rings. The summed E-state index contributed by atoms with van der Waals surface area (Å²) in [5, 5.41) is 2.62. The Hall–Kier alpha value is -2.69. The first-order valence-corrected chi connectivity index (χ1v) is 5.86. The minimum absolute atomic E-state index is 0.0451. The number of carbonyl (C=O) groups excluding carboxylic acids is 1. The molecule has 0 aliphatic heterocycles. The summed E-state index contributed by atoms with van der Waals surface area (Å²) in [4.78, 5) is 35.2. The smallest absolute Gasteiger partial charge is 0.333 e. The summed E-state index contributed by atoms with van der Waals surface area (Å²) in [6, 6.07) is -0.798. The maximum Gasteiger partial charge on any atom is 0.333 e. The molecule has 0 unspecified atom stereocenters. The normalized spacial score (nSPS) is 11.3. The van der Waals surface area contributed by atoms with Crippen molar-refractivity contribution in [3.05, 3.63) is 20.8 Å². The lowest BCUT2D eigenvalue weighted by Crippen LogP contribution is -2.43. The van der Waals surface area contributed by atoms with Gasteiger partial charge in [0.25, 0.3) is 5.56 Å². The van der Waals surface area contributed by atoms with Gasteiger partial charge in [-0.3, -0.25) is 14.2 Å². The number of aromatic nitrogens is 2. The number of rotatable bonds is 4. The van der Waals surface area contributed by atoms with Crippen LogP contribution in [-0.2, 0) is 18.4 Å². The summed E-state index contributed by atoms with van der Waals surface area (Å²) in [5.41, 5.74) is 9.60. The summed E-state index contributed by atoms with van der Waals surface area (Å²) < 4.78 is 2.04. The van der Waals surface area contributed by atoms with Gasteiger partial charge in [0.2, 0.25) is 5.91 Å². The Kier molecular flexibility index (Phi) is 4.59. The molecule has 0 radical (unpaired) electrons. The molecule has 0 aromatic carbocycles. The minimum atomic E-state index is -0.798. The van der Waals surface area contributed by atoms with Crippen molar-refractivity contribution < 1.29 is 4.79 Å². The van der Waals surface area contributed by atoms with Crippen molar-refractivity contribution in [3.63, 3.8) is 0 Å². The van der Waals surface area contributed by atoms with Gasteiger partial charge in [-0.05, 0) is 13.8 Å². The Balaban J connectivity index is 3.47. The molecular formula is C12H17N5O3. The predicted octanol–water partition coefficient (Wildman–Crippen LogP) is -1.56. The first-order chi connectivity index (χ1) is 9.31. The van der Waals surface area contributed by atoms with E-state index < -0.39 is 23.2 Å². The van der Waals surface area contributed by atoms with Crippen LogP contribution in [0.3, 0.4) is 0 Å². The number of anilines is 2. The maximum absolute atomic E-state index is 12.2. The van der Waals surface area contributed by atoms with Crippen LogP contribution in [0, 0.1) is 11.8 Å². The van der Waals surface area contributed by atoms with Crippen molar-refractivity contribution in [3.8, 4) is 11.8 Å². The van der Waals surface area contributed by atoms with Crippen LogP contribution in [0.25, 0.3) is 0 Å². The quantitative estimate of drug-likeness (QED) is 0.575. The molecule has 1 rings (SSSR count). The number of nitrogens with two attached hydrogens (primary N) is 2. The molecule has 1 aromatic rings. The van der Waals surface area contributed by atoms with Crippen molar-refractivity contribution in [2.75, 3.05) is 11.1 Å². The third kappa shape index (κ3) is 2.83. The number of hydrogen-bond acceptors (Lipinski definition) is 5. The molecule has 1 atom stereocenters. The van der Waals surface area contributed by atoms with Gasteiger partial charge in [-0.25, -0.2) is 9.36 Å². The Morgan fingerprint density at radius 2 is 2.05 bits per heavy atom. The maximum atomic E-state index is 12.2. The number of primary amides is 1. The van der Waals surface area contributed by atoms with Gasteiger partial charge in [0.1, 0.15) is 17.5 Å². The van der Waals surface area contributed by atoms with Gasteiger partial charge in [0.05, 0.1) is 6.54 Å². The fourth-order valence-electron chi connectivity index (χ4n) is 1.50. The molecule has 5 N–H and O–H groups in total. The van der Waals surface area contributed by atoms with Crippen molar-refractivity contribution in [1.82, 2.24) is 9.13 Å². The molecule has 108 valence electrons. The summed E-state index contributed by atoms with van der Waals surface area (Å²) in [5.74, 6) is 4.53. The average Bonchev–Trinajstić information content (AvgIpc) is 2.41. The monoisotopic (exact) mass is 279 g/mol. The summed E-state index contributed by atoms with van der Waals surface area (Å²) in [6.07, 6.45) is 0. The van der Waals surface area contributed by atoms with E-state index in [0.717, 1.165) is 9.13 Å². The molecule has 1 aromatic heterocycles. The van der Waals surface area contributed by atoms with E-state index in [2.05, 4.69) is 17.2 Å². The zero-order chi connectivity index (χ0) is 15.4. The van der Waals surface area contributed by atoms with Crippen LogP contribution in [0.2, 0.25) is 0 Å². The molecule has 0 fully saturated rings. The Morgan fingerprint density at radius 3 is 2.55 bits per heavy atom. The average molecular weight is 279 g/mol. The van der Waals surface area contributed by atoms with Gasteiger partial charge in [0.15, 0.2) is 0 Å². The van der Waals surface area contributed by atoms with Gasteiger partial charge in [-0.1, -0.05) is 5.92 Å². The first-order valence-electron chi connectivity index (χ1n) is 5.86. The van der Waals surface area contributed by atoms with Gasteiger partial charge in [0, 0.05) is 7.05 Å². The Labute approximate surface area is 115 Å². The second kappa shape index (κ2) is 5.97. The molecule has 8 heteroatoms. The second-order valence-corrected chi connectivity index (χ2v) is 4.19. The van der Waals surface area contributed by atoms with Crippen LogP contribution in [0.5, 0.6) is 0 Å². The van der Waals surface area contributed by atoms with Gasteiger partial charge >= 0.3 is 5.69 Å². The second-order valence-electron chi connectivity index (χ2n) is 4.19. The lowest BCUT2D eigenvalue weighted by molar-refractivity contribution is -0.118. The van der Waals surface area contributed by atoms with E-state index in [-0.39, 0.29) is 18.1 Å². The fraction of sp³-hybridized carbons (Fsp3) is 0.417. The van der Waals surface area contributed by atoms with Crippen LogP contribution in [0.4, 0.5) is 11.5 Å². The Morgan fingerprint density at radius 1 is 1.45 bits per heavy atom. The number of nitrogens with one attached hydrogen (secondary N) is 1. The highest BCUT2D eigenvalue weighted by molar-refractivity contribution is 5.83. The topological polar surface area (TPSA) is 125 Å². The molecule has 0 saturated carbocycles. The van der Waals surface area contributed by atoms with Gasteiger partial charge in [-0.15, -0.1) is 5.92 Å². The van der Waals surface area contributed by atoms with Crippen molar-refractivity contribution in [1.29, 1.82) is 0 Å². The molecular weight excluding hydrogens is 262 g/mol. The predicted molar refractivity (Wildman–Crippen MR) is 76.1 cm³/mol. The highest BCUT2D eigenvalue weighted by atomic mass is 16.2. The molecule has 0 saturated heterocycles. The van der Waals surface area contributed by atoms with Gasteiger partial charge < -0.3 is 16.8 Å². The highest BCUT2D eigenvalue weighted by Crippen LogP contribution is 2.10. The molecule has 0 aliphatic carbocycles. The van der Waals surface area contributed by atoms with Crippen LogP contribution in [0.15, 0.2) is 9.59 Å². The molecule has 1 heterocycles. The number of hydrogen-bond donors (Lipinski definition) is 3. The Bertz CT molecular complexity index is 705. The first kappa shape index (κ1) is 15.4. The molecule has 0 spiro atoms. The lowest BCUT2D eigenvalue weighted by Gasteiger charge is -2.16. The van der Waals surface area contributed by atoms with Crippen LogP contribution < -0.4 is 28.0 Å². The number of nitrogens with zero attached hydrogens (tertiary/aromatic N) is 2. The lowest BCUT2D eigenvalue weighted by atomic mass is 10.3. The van der Waals surface area contributed by atoms with E-state index in [4.69, 9.17) is 11.5 Å². The van der Waals surface area contributed by atoms with Crippen LogP contribution >= 0.6 is 0 Å². The van der Waals surface area contributed by atoms with Crippen LogP contribution in [0.1, 0.15) is 13.8 Å². The zero-order valence-corrected chi connectivity index (χ0v) is 11.6. The van der Waals surface area contributed by atoms with Crippen molar-refractivity contribution in [2.24, 2.45) is 12.8 Å². The zero-order valence-electron chi connectivity index (χ0n) is 11.6. The largest absolute Gasteiger partial charge is 0.383 e. The molecule has 0 bridgehead atoms. The fourth-order valence-corrected chi connectivity index (χ4v) is 1.50. The molecule has 1 amide bonds. The summed E-state index contributed by atoms with van der Waals surface area (Å²) in [6.45, 7) is 3.03. The van der Waals surface area contributed by atoms with E-state index in [1.807, 2.05) is 0 Å². The highest BCUT2D eigenvalue weighted by Gasteiger charge is 2.18. The number of amides is 1. The van der Waals surface area contributed by atoms with Crippen LogP contribution in [-0.4, -0.2) is 21.1 Å². The van der Waals surface area contributed by atoms with E-state index in [1.54, 1.807) is 6.92 Å². The van der Waals surface area contributed by atoms with E-state index in [9.17, 15) is 14.4 Å². The van der Waals surface area contributed by atoms with E-state index in [1.165, 1.54) is 14.0 Å². The van der Waals surface area contributed by atoms with E-state index >= 15 is 0 Å². The van der Waals surface area contributed by atoms with Crippen molar-refractivity contribution >= 4 is 17.4 Å². The standard InChI is InChI=1S/C12H17N5O3/c1-4-5-6-17-11(19)8(15-7(2)10(14)18)9(13)16(3)12(17)20/h7,15H,6,13H2,1-3H3,(H2,14,18)/t7-/m0/s1. The SMILES string of the molecule is CC#CCn1c(=O)c(N[C@@H](C)C(N)=O)c(N)n(C)c1=O. The minimum Gasteiger partial charge on any atom is -0.383 e.